The Bertz CT molecular complexity index is 980. The van der Waals surface area contributed by atoms with Crippen molar-refractivity contribution in [3.63, 3.8) is 0 Å². The Morgan fingerprint density at radius 2 is 1.42 bits per heavy atom. The summed E-state index contributed by atoms with van der Waals surface area (Å²) in [4.78, 5) is 33.2. The van der Waals surface area contributed by atoms with Crippen LogP contribution in [0.25, 0.3) is 0 Å². The van der Waals surface area contributed by atoms with Gasteiger partial charge in [0.2, 0.25) is 15.9 Å². The van der Waals surface area contributed by atoms with Crippen molar-refractivity contribution in [2.75, 3.05) is 39.3 Å². The fraction of sp³-hybridized carbons (Fsp3) is 0.750. The molecule has 0 aliphatic carbocycles. The van der Waals surface area contributed by atoms with Crippen LogP contribution in [0.15, 0.2) is 4.90 Å². The number of rotatable bonds is 4. The van der Waals surface area contributed by atoms with Crippen molar-refractivity contribution in [3.8, 4) is 0 Å². The second-order valence-corrected chi connectivity index (χ2v) is 12.0. The van der Waals surface area contributed by atoms with Crippen molar-refractivity contribution < 1.29 is 18.0 Å². The molecule has 0 saturated carbocycles. The van der Waals surface area contributed by atoms with Crippen LogP contribution in [0.2, 0.25) is 0 Å². The van der Waals surface area contributed by atoms with Gasteiger partial charge in [-0.3, -0.25) is 9.59 Å². The van der Waals surface area contributed by atoms with Crippen molar-refractivity contribution >= 4 is 21.8 Å². The van der Waals surface area contributed by atoms with Gasteiger partial charge in [-0.2, -0.15) is 4.31 Å². The van der Waals surface area contributed by atoms with E-state index in [-0.39, 0.29) is 28.2 Å². The molecule has 1 aromatic rings. The van der Waals surface area contributed by atoms with E-state index < -0.39 is 10.0 Å². The molecule has 3 saturated heterocycles. The average molecular weight is 479 g/mol. The van der Waals surface area contributed by atoms with Crippen molar-refractivity contribution in [1.82, 2.24) is 19.1 Å². The molecule has 1 N–H and O–H groups in total. The van der Waals surface area contributed by atoms with Crippen molar-refractivity contribution in [1.29, 1.82) is 0 Å². The minimum Gasteiger partial charge on any atom is -0.361 e. The second-order valence-electron chi connectivity index (χ2n) is 10.1. The van der Waals surface area contributed by atoms with Crippen LogP contribution in [-0.2, 0) is 14.8 Å². The highest BCUT2D eigenvalue weighted by atomic mass is 32.2. The number of aromatic amines is 1. The molecule has 4 heterocycles. The molecule has 0 bridgehead atoms. The number of amides is 2. The maximum absolute atomic E-state index is 13.7. The van der Waals surface area contributed by atoms with Gasteiger partial charge in [0.05, 0.1) is 5.56 Å². The number of H-pyrrole nitrogens is 1. The summed E-state index contributed by atoms with van der Waals surface area (Å²) in [6.45, 7) is 9.29. The molecule has 9 heteroatoms. The summed E-state index contributed by atoms with van der Waals surface area (Å²) in [5, 5.41) is 0. The quantitative estimate of drug-likeness (QED) is 0.720. The zero-order chi connectivity index (χ0) is 23.8. The second kappa shape index (κ2) is 9.78. The van der Waals surface area contributed by atoms with Gasteiger partial charge < -0.3 is 14.8 Å². The molecule has 8 nitrogen and oxygen atoms in total. The Balaban J connectivity index is 1.48. The molecule has 0 spiro atoms. The fourth-order valence-corrected chi connectivity index (χ4v) is 7.44. The lowest BCUT2D eigenvalue weighted by Gasteiger charge is -2.36. The first-order valence-corrected chi connectivity index (χ1v) is 13.9. The van der Waals surface area contributed by atoms with Crippen LogP contribution < -0.4 is 0 Å². The highest BCUT2D eigenvalue weighted by Crippen LogP contribution is 2.32. The molecular weight excluding hydrogens is 440 g/mol. The van der Waals surface area contributed by atoms with Gasteiger partial charge in [-0.1, -0.05) is 6.92 Å². The van der Waals surface area contributed by atoms with Gasteiger partial charge in [-0.15, -0.1) is 0 Å². The van der Waals surface area contributed by atoms with Crippen molar-refractivity contribution in [2.45, 2.75) is 70.6 Å². The maximum Gasteiger partial charge on any atom is 0.257 e. The largest absolute Gasteiger partial charge is 0.361 e. The molecule has 3 aliphatic heterocycles. The zero-order valence-corrected chi connectivity index (χ0v) is 21.0. The van der Waals surface area contributed by atoms with Crippen LogP contribution in [0.3, 0.4) is 0 Å². The summed E-state index contributed by atoms with van der Waals surface area (Å²) in [5.41, 5.74) is 1.40. The van der Waals surface area contributed by atoms with Crippen LogP contribution in [0, 0.1) is 25.7 Å². The molecule has 1 aromatic heterocycles. The lowest BCUT2D eigenvalue weighted by atomic mass is 9.93. The summed E-state index contributed by atoms with van der Waals surface area (Å²) in [7, 11) is -3.84. The number of piperidine rings is 3. The number of aryl methyl sites for hydroxylation is 2. The highest BCUT2D eigenvalue weighted by molar-refractivity contribution is 7.89. The summed E-state index contributed by atoms with van der Waals surface area (Å²) in [6.07, 6.45) is 6.15. The van der Waals surface area contributed by atoms with Crippen LogP contribution in [-0.4, -0.2) is 78.6 Å². The highest BCUT2D eigenvalue weighted by Gasteiger charge is 2.39. The van der Waals surface area contributed by atoms with Gasteiger partial charge in [0.25, 0.3) is 5.91 Å². The monoisotopic (exact) mass is 478 g/mol. The normalized spacial score (nSPS) is 22.0. The minimum absolute atomic E-state index is 0.116. The first-order chi connectivity index (χ1) is 15.7. The zero-order valence-electron chi connectivity index (χ0n) is 20.2. The topological polar surface area (TPSA) is 93.8 Å². The number of sulfonamides is 1. The van der Waals surface area contributed by atoms with Gasteiger partial charge in [0.1, 0.15) is 4.90 Å². The SMILES string of the molecule is Cc1[nH]c(C)c(S(=O)(=O)N2CCC(C(=O)N3CCC(C)CC3)CC2)c1C(=O)N1CCCCC1. The van der Waals surface area contributed by atoms with E-state index in [0.717, 1.165) is 45.2 Å². The van der Waals surface area contributed by atoms with E-state index in [4.69, 9.17) is 0 Å². The average Bonchev–Trinajstić information content (AvgIpc) is 3.13. The number of aromatic nitrogens is 1. The van der Waals surface area contributed by atoms with Crippen molar-refractivity contribution in [3.05, 3.63) is 17.0 Å². The first-order valence-electron chi connectivity index (χ1n) is 12.5. The number of nitrogens with one attached hydrogen (secondary N) is 1. The summed E-state index contributed by atoms with van der Waals surface area (Å²) in [6, 6.07) is 0. The number of carbonyl (C=O) groups is 2. The van der Waals surface area contributed by atoms with Gasteiger partial charge in [-0.05, 0) is 64.7 Å². The van der Waals surface area contributed by atoms with E-state index >= 15 is 0 Å². The molecule has 3 fully saturated rings. The van der Waals surface area contributed by atoms with Crippen LogP contribution in [0.5, 0.6) is 0 Å². The van der Waals surface area contributed by atoms with E-state index in [1.54, 1.807) is 18.7 Å². The third kappa shape index (κ3) is 4.85. The van der Waals surface area contributed by atoms with Gasteiger partial charge in [0, 0.05) is 56.6 Å². The Kier molecular flexibility index (Phi) is 7.19. The number of carbonyl (C=O) groups excluding carboxylic acids is 2. The molecular formula is C24H38N4O4S. The summed E-state index contributed by atoms with van der Waals surface area (Å²) in [5.74, 6) is 0.525. The van der Waals surface area contributed by atoms with Gasteiger partial charge in [0.15, 0.2) is 0 Å². The molecule has 33 heavy (non-hydrogen) atoms. The first kappa shape index (κ1) is 24.3. The number of hydrogen-bond acceptors (Lipinski definition) is 4. The third-order valence-electron chi connectivity index (χ3n) is 7.67. The van der Waals surface area contributed by atoms with Crippen LogP contribution in [0.4, 0.5) is 0 Å². The van der Waals surface area contributed by atoms with E-state index in [2.05, 4.69) is 11.9 Å². The molecule has 184 valence electrons. The standard InChI is InChI=1S/C24H38N4O4S/c1-17-7-13-27(14-8-17)23(29)20-9-15-28(16-10-20)33(31,32)22-19(3)25-18(2)21(22)24(30)26-11-5-4-6-12-26/h17,20,25H,4-16H2,1-3H3. The van der Waals surface area contributed by atoms with E-state index in [1.807, 2.05) is 4.90 Å². The Morgan fingerprint density at radius 1 is 0.818 bits per heavy atom. The fourth-order valence-electron chi connectivity index (χ4n) is 5.55. The van der Waals surface area contributed by atoms with Gasteiger partial charge >= 0.3 is 0 Å². The third-order valence-corrected chi connectivity index (χ3v) is 9.74. The number of nitrogens with zero attached hydrogens (tertiary/aromatic N) is 3. The number of hydrogen-bond donors (Lipinski definition) is 1. The Hall–Kier alpha value is -1.87. The van der Waals surface area contributed by atoms with E-state index in [1.165, 1.54) is 4.31 Å². The molecule has 2 amide bonds. The van der Waals surface area contributed by atoms with Crippen LogP contribution in [0.1, 0.15) is 73.6 Å². The minimum atomic E-state index is -3.84. The van der Waals surface area contributed by atoms with E-state index in [9.17, 15) is 18.0 Å². The Morgan fingerprint density at radius 3 is 2.03 bits per heavy atom. The lowest BCUT2D eigenvalue weighted by Crippen LogP contribution is -2.46. The van der Waals surface area contributed by atoms with Crippen molar-refractivity contribution in [2.24, 2.45) is 11.8 Å². The predicted octanol–water partition coefficient (Wildman–Crippen LogP) is 2.92. The smallest absolute Gasteiger partial charge is 0.257 e. The Labute approximate surface area is 197 Å². The number of likely N-dealkylation sites (tertiary alicyclic amines) is 2. The lowest BCUT2D eigenvalue weighted by molar-refractivity contribution is -0.138. The maximum atomic E-state index is 13.7. The molecule has 3 aliphatic rings. The summed E-state index contributed by atoms with van der Waals surface area (Å²) < 4.78 is 28.8. The van der Waals surface area contributed by atoms with Crippen LogP contribution >= 0.6 is 0 Å². The molecule has 0 atom stereocenters. The van der Waals surface area contributed by atoms with Gasteiger partial charge in [-0.25, -0.2) is 8.42 Å². The molecule has 0 unspecified atom stereocenters. The molecule has 0 aromatic carbocycles. The molecule has 4 rings (SSSR count). The summed E-state index contributed by atoms with van der Waals surface area (Å²) >= 11 is 0. The van der Waals surface area contributed by atoms with E-state index in [0.29, 0.717) is 56.3 Å². The predicted molar refractivity (Wildman–Crippen MR) is 126 cm³/mol. The molecule has 0 radical (unpaired) electrons.